The monoisotopic (exact) mass is 294 g/mol. The third-order valence-electron chi connectivity index (χ3n) is 2.98. The Morgan fingerprint density at radius 2 is 2.24 bits per heavy atom. The molecule has 4 nitrogen and oxygen atoms in total. The second kappa shape index (κ2) is 3.84. The van der Waals surface area contributed by atoms with Crippen LogP contribution in [-0.2, 0) is 4.74 Å². The number of fused-ring (bicyclic) bond motifs is 1. The fourth-order valence-electron chi connectivity index (χ4n) is 1.94. The molecule has 5 heteroatoms. The van der Waals surface area contributed by atoms with Crippen molar-refractivity contribution in [1.29, 1.82) is 0 Å². The molecule has 0 saturated heterocycles. The molecule has 0 bridgehead atoms. The molecule has 0 spiro atoms. The average molecular weight is 295 g/mol. The number of rotatable bonds is 2. The van der Waals surface area contributed by atoms with Gasteiger partial charge in [0.15, 0.2) is 5.69 Å². The van der Waals surface area contributed by atoms with Gasteiger partial charge >= 0.3 is 5.97 Å². The van der Waals surface area contributed by atoms with Crippen molar-refractivity contribution in [2.75, 3.05) is 7.11 Å². The number of halogens is 1. The molecular formula is C12H11BrN2O2. The van der Waals surface area contributed by atoms with E-state index in [-0.39, 0.29) is 0 Å². The average Bonchev–Trinajstić information content (AvgIpc) is 3.08. The van der Waals surface area contributed by atoms with E-state index in [9.17, 15) is 4.79 Å². The third-order valence-corrected chi connectivity index (χ3v) is 3.55. The SMILES string of the molecule is COC(=O)c1cc2cc(C3CC3)cc(Br)n2n1. The lowest BCUT2D eigenvalue weighted by Crippen LogP contribution is -2.02. The molecule has 0 N–H and O–H groups in total. The summed E-state index contributed by atoms with van der Waals surface area (Å²) in [5.41, 5.74) is 2.56. The first-order valence-electron chi connectivity index (χ1n) is 5.46. The van der Waals surface area contributed by atoms with Gasteiger partial charge in [-0.1, -0.05) is 0 Å². The molecule has 0 unspecified atom stereocenters. The van der Waals surface area contributed by atoms with Gasteiger partial charge in [-0.15, -0.1) is 0 Å². The summed E-state index contributed by atoms with van der Waals surface area (Å²) in [5.74, 6) is 0.265. The summed E-state index contributed by atoms with van der Waals surface area (Å²) in [4.78, 5) is 11.4. The number of carbonyl (C=O) groups excluding carboxylic acids is 1. The zero-order valence-electron chi connectivity index (χ0n) is 9.31. The van der Waals surface area contributed by atoms with Crippen LogP contribution in [0.1, 0.15) is 34.8 Å². The number of ether oxygens (including phenoxy) is 1. The van der Waals surface area contributed by atoms with Gasteiger partial charge in [-0.05, 0) is 58.5 Å². The van der Waals surface area contributed by atoms with Gasteiger partial charge in [0.1, 0.15) is 4.60 Å². The molecule has 0 amide bonds. The van der Waals surface area contributed by atoms with Crippen LogP contribution >= 0.6 is 15.9 Å². The zero-order chi connectivity index (χ0) is 12.0. The number of hydrogen-bond acceptors (Lipinski definition) is 3. The lowest BCUT2D eigenvalue weighted by Gasteiger charge is -2.01. The highest BCUT2D eigenvalue weighted by atomic mass is 79.9. The summed E-state index contributed by atoms with van der Waals surface area (Å²) in [6.45, 7) is 0. The highest BCUT2D eigenvalue weighted by molar-refractivity contribution is 9.10. The fraction of sp³-hybridized carbons (Fsp3) is 0.333. The van der Waals surface area contributed by atoms with E-state index in [1.54, 1.807) is 10.6 Å². The Labute approximate surface area is 107 Å². The maximum atomic E-state index is 11.4. The summed E-state index contributed by atoms with van der Waals surface area (Å²) in [5, 5.41) is 4.20. The second-order valence-electron chi connectivity index (χ2n) is 4.24. The van der Waals surface area contributed by atoms with Gasteiger partial charge in [0.2, 0.25) is 0 Å². The van der Waals surface area contributed by atoms with Crippen LogP contribution in [0, 0.1) is 0 Å². The van der Waals surface area contributed by atoms with Gasteiger partial charge in [0.25, 0.3) is 0 Å². The lowest BCUT2D eigenvalue weighted by molar-refractivity contribution is 0.0593. The van der Waals surface area contributed by atoms with E-state index < -0.39 is 5.97 Å². The molecule has 2 aromatic heterocycles. The summed E-state index contributed by atoms with van der Waals surface area (Å²) in [6.07, 6.45) is 2.50. The van der Waals surface area contributed by atoms with Gasteiger partial charge in [0.05, 0.1) is 12.6 Å². The number of esters is 1. The van der Waals surface area contributed by atoms with Crippen molar-refractivity contribution < 1.29 is 9.53 Å². The highest BCUT2D eigenvalue weighted by Crippen LogP contribution is 2.41. The number of nitrogens with zero attached hydrogens (tertiary/aromatic N) is 2. The molecule has 0 aliphatic heterocycles. The largest absolute Gasteiger partial charge is 0.464 e. The first kappa shape index (κ1) is 10.8. The molecule has 1 aliphatic carbocycles. The van der Waals surface area contributed by atoms with Crippen LogP contribution in [0.3, 0.4) is 0 Å². The Hall–Kier alpha value is -1.36. The van der Waals surface area contributed by atoms with Crippen molar-refractivity contribution in [3.8, 4) is 0 Å². The number of carbonyl (C=O) groups is 1. The van der Waals surface area contributed by atoms with E-state index in [0.717, 1.165) is 10.1 Å². The van der Waals surface area contributed by atoms with E-state index >= 15 is 0 Å². The van der Waals surface area contributed by atoms with E-state index in [0.29, 0.717) is 11.6 Å². The molecule has 1 fully saturated rings. The minimum atomic E-state index is -0.409. The fourth-order valence-corrected chi connectivity index (χ4v) is 2.49. The van der Waals surface area contributed by atoms with Gasteiger partial charge in [-0.2, -0.15) is 5.10 Å². The smallest absolute Gasteiger partial charge is 0.358 e. The maximum Gasteiger partial charge on any atom is 0.358 e. The maximum absolute atomic E-state index is 11.4. The Morgan fingerprint density at radius 1 is 1.47 bits per heavy atom. The number of pyridine rings is 1. The van der Waals surface area contributed by atoms with Gasteiger partial charge in [-0.25, -0.2) is 9.31 Å². The number of hydrogen-bond donors (Lipinski definition) is 0. The summed E-state index contributed by atoms with van der Waals surface area (Å²) < 4.78 is 7.24. The van der Waals surface area contributed by atoms with Crippen LogP contribution in [0.15, 0.2) is 22.8 Å². The molecule has 88 valence electrons. The molecule has 0 radical (unpaired) electrons. The Kier molecular flexibility index (Phi) is 2.43. The minimum absolute atomic E-state index is 0.334. The van der Waals surface area contributed by atoms with Crippen molar-refractivity contribution in [2.24, 2.45) is 0 Å². The standard InChI is InChI=1S/C12H11BrN2O2/c1-17-12(16)10-6-9-4-8(7-2-3-7)5-11(13)15(9)14-10/h4-7H,2-3H2,1H3. The quantitative estimate of drug-likeness (QED) is 0.632. The predicted octanol–water partition coefficient (Wildman–Crippen LogP) is 2.76. The van der Waals surface area contributed by atoms with Crippen LogP contribution in [-0.4, -0.2) is 22.7 Å². The van der Waals surface area contributed by atoms with Crippen LogP contribution in [0.2, 0.25) is 0 Å². The molecule has 17 heavy (non-hydrogen) atoms. The van der Waals surface area contributed by atoms with E-state index in [4.69, 9.17) is 0 Å². The molecule has 0 atom stereocenters. The van der Waals surface area contributed by atoms with Crippen molar-refractivity contribution in [3.63, 3.8) is 0 Å². The lowest BCUT2D eigenvalue weighted by atomic mass is 10.1. The van der Waals surface area contributed by atoms with Crippen molar-refractivity contribution >= 4 is 27.4 Å². The summed E-state index contributed by atoms with van der Waals surface area (Å²) in [7, 11) is 1.36. The van der Waals surface area contributed by atoms with E-state index in [1.165, 1.54) is 25.5 Å². The van der Waals surface area contributed by atoms with Crippen molar-refractivity contribution in [3.05, 3.63) is 34.1 Å². The predicted molar refractivity (Wildman–Crippen MR) is 66.2 cm³/mol. The molecule has 3 rings (SSSR count). The van der Waals surface area contributed by atoms with Gasteiger partial charge in [-0.3, -0.25) is 0 Å². The molecule has 1 saturated carbocycles. The second-order valence-corrected chi connectivity index (χ2v) is 5.06. The van der Waals surface area contributed by atoms with Crippen LogP contribution in [0.5, 0.6) is 0 Å². The Morgan fingerprint density at radius 3 is 2.88 bits per heavy atom. The molecule has 2 aromatic rings. The highest BCUT2D eigenvalue weighted by Gasteiger charge is 2.25. The Balaban J connectivity index is 2.14. The number of methoxy groups -OCH3 is 1. The first-order chi connectivity index (χ1) is 8.19. The molecule has 1 aliphatic rings. The summed E-state index contributed by atoms with van der Waals surface area (Å²) >= 11 is 3.48. The van der Waals surface area contributed by atoms with E-state index in [2.05, 4.69) is 37.9 Å². The van der Waals surface area contributed by atoms with E-state index in [1.807, 2.05) is 0 Å². The van der Waals surface area contributed by atoms with Gasteiger partial charge < -0.3 is 4.74 Å². The number of aromatic nitrogens is 2. The normalized spacial score (nSPS) is 15.2. The molecule has 0 aromatic carbocycles. The minimum Gasteiger partial charge on any atom is -0.464 e. The Bertz CT molecular complexity index is 602. The van der Waals surface area contributed by atoms with Gasteiger partial charge in [0, 0.05) is 0 Å². The molecular weight excluding hydrogens is 284 g/mol. The zero-order valence-corrected chi connectivity index (χ0v) is 10.9. The molecule has 2 heterocycles. The summed E-state index contributed by atoms with van der Waals surface area (Å²) in [6, 6.07) is 5.91. The van der Waals surface area contributed by atoms with Crippen molar-refractivity contribution in [1.82, 2.24) is 9.61 Å². The first-order valence-corrected chi connectivity index (χ1v) is 6.26. The van der Waals surface area contributed by atoms with Crippen LogP contribution in [0.4, 0.5) is 0 Å². The van der Waals surface area contributed by atoms with Crippen LogP contribution < -0.4 is 0 Å². The van der Waals surface area contributed by atoms with Crippen LogP contribution in [0.25, 0.3) is 5.52 Å². The third kappa shape index (κ3) is 1.84. The van der Waals surface area contributed by atoms with Crippen molar-refractivity contribution in [2.45, 2.75) is 18.8 Å². The topological polar surface area (TPSA) is 43.6 Å².